The van der Waals surface area contributed by atoms with E-state index < -0.39 is 11.9 Å². The van der Waals surface area contributed by atoms with E-state index in [0.29, 0.717) is 36.0 Å². The van der Waals surface area contributed by atoms with Gasteiger partial charge in [-0.05, 0) is 95.6 Å². The third kappa shape index (κ3) is 6.83. The number of ether oxygens (including phenoxy) is 2. The number of carbonyl (C=O) groups is 2. The number of nitriles is 1. The number of carboxylic acid groups (broad SMARTS) is 1. The first-order valence-electron chi connectivity index (χ1n) is 10.7. The Balaban J connectivity index is 1.83. The predicted molar refractivity (Wildman–Crippen MR) is 141 cm³/mol. The molecule has 0 radical (unpaired) electrons. The predicted octanol–water partition coefficient (Wildman–Crippen LogP) is 5.82. The summed E-state index contributed by atoms with van der Waals surface area (Å²) >= 11 is 2.14. The maximum atomic E-state index is 12.6. The minimum absolute atomic E-state index is 0.0989. The molecule has 0 bridgehead atoms. The van der Waals surface area contributed by atoms with E-state index in [0.717, 1.165) is 14.7 Å². The molecular formula is C27H23IN2O5. The van der Waals surface area contributed by atoms with E-state index in [4.69, 9.17) is 14.6 Å². The highest BCUT2D eigenvalue weighted by Crippen LogP contribution is 2.35. The highest BCUT2D eigenvalue weighted by molar-refractivity contribution is 14.1. The van der Waals surface area contributed by atoms with E-state index in [1.165, 1.54) is 30.3 Å². The van der Waals surface area contributed by atoms with Gasteiger partial charge in [0.1, 0.15) is 18.2 Å². The first-order chi connectivity index (χ1) is 16.8. The van der Waals surface area contributed by atoms with Crippen LogP contribution in [0.15, 0.2) is 66.2 Å². The molecule has 0 spiro atoms. The summed E-state index contributed by atoms with van der Waals surface area (Å²) in [6, 6.07) is 19.1. The number of benzene rings is 3. The minimum atomic E-state index is -1.06. The molecule has 0 aromatic heterocycles. The van der Waals surface area contributed by atoms with Crippen LogP contribution in [0.4, 0.5) is 5.69 Å². The number of amides is 1. The molecule has 35 heavy (non-hydrogen) atoms. The van der Waals surface area contributed by atoms with Crippen LogP contribution in [0.5, 0.6) is 11.5 Å². The molecule has 0 aliphatic rings. The lowest BCUT2D eigenvalue weighted by Gasteiger charge is -2.15. The number of aromatic carboxylic acids is 1. The summed E-state index contributed by atoms with van der Waals surface area (Å²) in [5.74, 6) is -0.564. The zero-order chi connectivity index (χ0) is 25.4. The Bertz CT molecular complexity index is 1310. The first kappa shape index (κ1) is 25.8. The van der Waals surface area contributed by atoms with Crippen LogP contribution in [0.3, 0.4) is 0 Å². The third-order valence-electron chi connectivity index (χ3n) is 5.03. The van der Waals surface area contributed by atoms with Gasteiger partial charge in [-0.2, -0.15) is 5.26 Å². The molecule has 7 nitrogen and oxygen atoms in total. The van der Waals surface area contributed by atoms with Gasteiger partial charge in [-0.25, -0.2) is 4.79 Å². The van der Waals surface area contributed by atoms with Gasteiger partial charge in [-0.3, -0.25) is 4.79 Å². The SMILES string of the molecule is CCOc1cc(C=C(C#N)C(=O)Nc2ccc(C(=O)O)cc2)cc(I)c1OCc1ccccc1C. The van der Waals surface area contributed by atoms with Gasteiger partial charge in [-0.15, -0.1) is 0 Å². The fourth-order valence-electron chi connectivity index (χ4n) is 3.21. The Hall–Kier alpha value is -3.84. The molecule has 0 unspecified atom stereocenters. The first-order valence-corrected chi connectivity index (χ1v) is 11.8. The van der Waals surface area contributed by atoms with Crippen LogP contribution >= 0.6 is 22.6 Å². The maximum absolute atomic E-state index is 12.6. The van der Waals surface area contributed by atoms with E-state index in [2.05, 4.69) is 27.9 Å². The van der Waals surface area contributed by atoms with Crippen molar-refractivity contribution in [3.63, 3.8) is 0 Å². The van der Waals surface area contributed by atoms with Crippen molar-refractivity contribution in [1.82, 2.24) is 0 Å². The largest absolute Gasteiger partial charge is 0.490 e. The average Bonchev–Trinajstić information content (AvgIpc) is 2.83. The highest BCUT2D eigenvalue weighted by atomic mass is 127. The van der Waals surface area contributed by atoms with Gasteiger partial charge in [0.15, 0.2) is 11.5 Å². The Labute approximate surface area is 217 Å². The number of rotatable bonds is 9. The van der Waals surface area contributed by atoms with Crippen molar-refractivity contribution < 1.29 is 24.2 Å². The Morgan fingerprint density at radius 3 is 2.46 bits per heavy atom. The number of carboxylic acids is 1. The number of halogens is 1. The molecule has 8 heteroatoms. The molecule has 178 valence electrons. The Morgan fingerprint density at radius 1 is 1.11 bits per heavy atom. The zero-order valence-electron chi connectivity index (χ0n) is 19.2. The second-order valence-electron chi connectivity index (χ2n) is 7.48. The van der Waals surface area contributed by atoms with Crippen LogP contribution in [0.1, 0.15) is 34.0 Å². The topological polar surface area (TPSA) is 109 Å². The van der Waals surface area contributed by atoms with Crippen molar-refractivity contribution in [3.8, 4) is 17.6 Å². The molecule has 0 aliphatic heterocycles. The smallest absolute Gasteiger partial charge is 0.335 e. The van der Waals surface area contributed by atoms with Crippen molar-refractivity contribution in [3.05, 3.63) is 92.1 Å². The second kappa shape index (κ2) is 12.0. The van der Waals surface area contributed by atoms with Crippen LogP contribution < -0.4 is 14.8 Å². The van der Waals surface area contributed by atoms with Gasteiger partial charge in [-0.1, -0.05) is 24.3 Å². The number of nitrogens with one attached hydrogen (secondary N) is 1. The van der Waals surface area contributed by atoms with E-state index in [9.17, 15) is 14.9 Å². The van der Waals surface area contributed by atoms with Crippen LogP contribution in [0.25, 0.3) is 6.08 Å². The van der Waals surface area contributed by atoms with Crippen molar-refractivity contribution in [1.29, 1.82) is 5.26 Å². The second-order valence-corrected chi connectivity index (χ2v) is 8.65. The molecule has 0 saturated heterocycles. The molecular weight excluding hydrogens is 559 g/mol. The normalized spacial score (nSPS) is 10.9. The van der Waals surface area contributed by atoms with E-state index in [1.807, 2.05) is 50.2 Å². The Kier molecular flexibility index (Phi) is 8.86. The van der Waals surface area contributed by atoms with Crippen LogP contribution in [0.2, 0.25) is 0 Å². The zero-order valence-corrected chi connectivity index (χ0v) is 21.3. The summed E-state index contributed by atoms with van der Waals surface area (Å²) in [6.07, 6.45) is 1.47. The molecule has 0 fully saturated rings. The number of aryl methyl sites for hydroxylation is 1. The fourth-order valence-corrected chi connectivity index (χ4v) is 3.99. The van der Waals surface area contributed by atoms with E-state index in [-0.39, 0.29) is 11.1 Å². The number of carbonyl (C=O) groups excluding carboxylic acids is 1. The molecule has 0 atom stereocenters. The van der Waals surface area contributed by atoms with Gasteiger partial charge < -0.3 is 19.9 Å². The highest BCUT2D eigenvalue weighted by Gasteiger charge is 2.15. The molecule has 3 rings (SSSR count). The van der Waals surface area contributed by atoms with E-state index >= 15 is 0 Å². The lowest BCUT2D eigenvalue weighted by molar-refractivity contribution is -0.112. The van der Waals surface area contributed by atoms with E-state index in [1.54, 1.807) is 6.07 Å². The van der Waals surface area contributed by atoms with Crippen LogP contribution in [-0.4, -0.2) is 23.6 Å². The summed E-state index contributed by atoms with van der Waals surface area (Å²) in [6.45, 7) is 4.69. The van der Waals surface area contributed by atoms with Gasteiger partial charge in [0.25, 0.3) is 5.91 Å². The van der Waals surface area contributed by atoms with Crippen LogP contribution in [-0.2, 0) is 11.4 Å². The quantitative estimate of drug-likeness (QED) is 0.187. The maximum Gasteiger partial charge on any atom is 0.335 e. The lowest BCUT2D eigenvalue weighted by Crippen LogP contribution is -2.13. The van der Waals surface area contributed by atoms with Crippen LogP contribution in [0, 0.1) is 21.8 Å². The van der Waals surface area contributed by atoms with Crippen molar-refractivity contribution in [2.75, 3.05) is 11.9 Å². The number of nitrogens with zero attached hydrogens (tertiary/aromatic N) is 1. The molecule has 3 aromatic rings. The lowest BCUT2D eigenvalue weighted by atomic mass is 10.1. The van der Waals surface area contributed by atoms with Crippen molar-refractivity contribution in [2.24, 2.45) is 0 Å². The van der Waals surface area contributed by atoms with Gasteiger partial charge in [0, 0.05) is 5.69 Å². The molecule has 2 N–H and O–H groups in total. The summed E-state index contributed by atoms with van der Waals surface area (Å²) in [7, 11) is 0. The third-order valence-corrected chi connectivity index (χ3v) is 5.83. The number of hydrogen-bond acceptors (Lipinski definition) is 5. The number of hydrogen-bond donors (Lipinski definition) is 2. The minimum Gasteiger partial charge on any atom is -0.490 e. The summed E-state index contributed by atoms with van der Waals surface area (Å²) in [4.78, 5) is 23.6. The number of anilines is 1. The molecule has 1 amide bonds. The van der Waals surface area contributed by atoms with Crippen molar-refractivity contribution >= 4 is 46.2 Å². The molecule has 0 saturated carbocycles. The standard InChI is InChI=1S/C27H23IN2O5/c1-3-34-24-14-18(13-23(28)25(24)35-16-20-7-5-4-6-17(20)2)12-21(15-29)26(31)30-22-10-8-19(9-11-22)27(32)33/h4-14H,3,16H2,1-2H3,(H,30,31)(H,32,33). The molecule has 3 aromatic carbocycles. The molecule has 0 aliphatic carbocycles. The summed E-state index contributed by atoms with van der Waals surface area (Å²) in [5, 5.41) is 21.2. The fraction of sp³-hybridized carbons (Fsp3) is 0.148. The summed E-state index contributed by atoms with van der Waals surface area (Å²) in [5.41, 5.74) is 3.16. The Morgan fingerprint density at radius 2 is 1.83 bits per heavy atom. The average molecular weight is 582 g/mol. The van der Waals surface area contributed by atoms with Gasteiger partial charge in [0.2, 0.25) is 0 Å². The van der Waals surface area contributed by atoms with Crippen molar-refractivity contribution in [2.45, 2.75) is 20.5 Å². The van der Waals surface area contributed by atoms with Gasteiger partial charge >= 0.3 is 5.97 Å². The van der Waals surface area contributed by atoms with Gasteiger partial charge in [0.05, 0.1) is 15.7 Å². The summed E-state index contributed by atoms with van der Waals surface area (Å²) < 4.78 is 12.6. The molecule has 0 heterocycles. The monoisotopic (exact) mass is 582 g/mol.